The number of benzene rings is 2. The number of hydrogen-bond donors (Lipinski definition) is 1. The van der Waals surface area contributed by atoms with Crippen molar-refractivity contribution in [2.75, 3.05) is 42.9 Å². The molecule has 0 atom stereocenters. The minimum Gasteiger partial charge on any atom is -0.376 e. The van der Waals surface area contributed by atoms with Crippen molar-refractivity contribution in [3.8, 4) is 0 Å². The summed E-state index contributed by atoms with van der Waals surface area (Å²) in [7, 11) is 0. The van der Waals surface area contributed by atoms with Crippen LogP contribution in [0, 0.1) is 12.7 Å². The standard InChI is InChI=1S/C19H22FN3O/c1-15-7-8-16(13-18(15)20)21-14-19(24)23-11-9-22(10-12-23)17-5-3-2-4-6-17/h2-8,13,21H,9-12,14H2,1H3. The molecule has 5 heteroatoms. The number of rotatable bonds is 4. The Morgan fingerprint density at radius 3 is 2.46 bits per heavy atom. The Hall–Kier alpha value is -2.56. The molecule has 0 spiro atoms. The summed E-state index contributed by atoms with van der Waals surface area (Å²) in [6.45, 7) is 4.98. The fraction of sp³-hybridized carbons (Fsp3) is 0.316. The first-order valence-electron chi connectivity index (χ1n) is 8.21. The molecule has 1 heterocycles. The van der Waals surface area contributed by atoms with Gasteiger partial charge in [-0.1, -0.05) is 24.3 Å². The molecule has 3 rings (SSSR count). The lowest BCUT2D eigenvalue weighted by Gasteiger charge is -2.36. The van der Waals surface area contributed by atoms with Crippen molar-refractivity contribution >= 4 is 17.3 Å². The lowest BCUT2D eigenvalue weighted by molar-refractivity contribution is -0.129. The number of aryl methyl sites for hydroxylation is 1. The Bertz CT molecular complexity index is 697. The Kier molecular flexibility index (Phi) is 4.99. The number of anilines is 2. The Morgan fingerprint density at radius 2 is 1.79 bits per heavy atom. The minimum absolute atomic E-state index is 0.0451. The van der Waals surface area contributed by atoms with E-state index in [9.17, 15) is 9.18 Å². The predicted octanol–water partition coefficient (Wildman–Crippen LogP) is 2.89. The van der Waals surface area contributed by atoms with Gasteiger partial charge in [-0.05, 0) is 36.8 Å². The van der Waals surface area contributed by atoms with Gasteiger partial charge in [0, 0.05) is 37.6 Å². The second-order valence-corrected chi connectivity index (χ2v) is 6.02. The van der Waals surface area contributed by atoms with Crippen molar-refractivity contribution in [1.29, 1.82) is 0 Å². The highest BCUT2D eigenvalue weighted by Crippen LogP contribution is 2.16. The van der Waals surface area contributed by atoms with Crippen LogP contribution in [-0.2, 0) is 4.79 Å². The Balaban J connectivity index is 1.49. The summed E-state index contributed by atoms with van der Waals surface area (Å²) in [6, 6.07) is 15.2. The molecule has 1 aliphatic heterocycles. The first-order valence-corrected chi connectivity index (χ1v) is 8.21. The summed E-state index contributed by atoms with van der Waals surface area (Å²) in [5, 5.41) is 3.01. The molecule has 0 unspecified atom stereocenters. The Morgan fingerprint density at radius 1 is 1.08 bits per heavy atom. The summed E-state index contributed by atoms with van der Waals surface area (Å²) in [5.74, 6) is -0.215. The molecule has 126 valence electrons. The lowest BCUT2D eigenvalue weighted by atomic mass is 10.2. The molecule has 24 heavy (non-hydrogen) atoms. The highest BCUT2D eigenvalue weighted by Gasteiger charge is 2.20. The third-order valence-corrected chi connectivity index (χ3v) is 4.37. The second-order valence-electron chi connectivity index (χ2n) is 6.02. The number of nitrogens with zero attached hydrogens (tertiary/aromatic N) is 2. The van der Waals surface area contributed by atoms with Gasteiger partial charge in [0.15, 0.2) is 0 Å². The molecule has 1 fully saturated rings. The van der Waals surface area contributed by atoms with E-state index in [0.717, 1.165) is 13.1 Å². The second kappa shape index (κ2) is 7.34. The molecular formula is C19H22FN3O. The molecule has 0 bridgehead atoms. The van der Waals surface area contributed by atoms with Crippen molar-refractivity contribution in [2.45, 2.75) is 6.92 Å². The van der Waals surface area contributed by atoms with Crippen LogP contribution in [0.15, 0.2) is 48.5 Å². The SMILES string of the molecule is Cc1ccc(NCC(=O)N2CCN(c3ccccc3)CC2)cc1F. The maximum Gasteiger partial charge on any atom is 0.241 e. The van der Waals surface area contributed by atoms with Crippen LogP contribution in [0.3, 0.4) is 0 Å². The van der Waals surface area contributed by atoms with Crippen LogP contribution >= 0.6 is 0 Å². The van der Waals surface area contributed by atoms with Crippen molar-refractivity contribution in [2.24, 2.45) is 0 Å². The zero-order valence-electron chi connectivity index (χ0n) is 13.8. The van der Waals surface area contributed by atoms with E-state index in [1.54, 1.807) is 19.1 Å². The van der Waals surface area contributed by atoms with Crippen LogP contribution in [0.25, 0.3) is 0 Å². The maximum absolute atomic E-state index is 13.5. The van der Waals surface area contributed by atoms with E-state index in [1.807, 2.05) is 23.1 Å². The molecule has 2 aromatic rings. The van der Waals surface area contributed by atoms with E-state index in [2.05, 4.69) is 22.3 Å². The molecule has 0 aromatic heterocycles. The fourth-order valence-electron chi connectivity index (χ4n) is 2.85. The van der Waals surface area contributed by atoms with E-state index >= 15 is 0 Å². The molecule has 0 radical (unpaired) electrons. The van der Waals surface area contributed by atoms with Gasteiger partial charge in [-0.15, -0.1) is 0 Å². The van der Waals surface area contributed by atoms with Crippen LogP contribution in [0.1, 0.15) is 5.56 Å². The van der Waals surface area contributed by atoms with Crippen LogP contribution in [-0.4, -0.2) is 43.5 Å². The van der Waals surface area contributed by atoms with Crippen molar-refractivity contribution in [3.05, 3.63) is 59.9 Å². The van der Waals surface area contributed by atoms with E-state index in [0.29, 0.717) is 24.3 Å². The quantitative estimate of drug-likeness (QED) is 0.938. The summed E-state index contributed by atoms with van der Waals surface area (Å²) in [6.07, 6.45) is 0. The van der Waals surface area contributed by atoms with Gasteiger partial charge in [0.2, 0.25) is 5.91 Å². The maximum atomic E-state index is 13.5. The smallest absolute Gasteiger partial charge is 0.241 e. The number of carbonyl (C=O) groups is 1. The van der Waals surface area contributed by atoms with Gasteiger partial charge in [-0.3, -0.25) is 4.79 Å². The monoisotopic (exact) mass is 327 g/mol. The van der Waals surface area contributed by atoms with E-state index in [-0.39, 0.29) is 18.3 Å². The predicted molar refractivity (Wildman–Crippen MR) is 94.9 cm³/mol. The van der Waals surface area contributed by atoms with Gasteiger partial charge in [-0.2, -0.15) is 0 Å². The lowest BCUT2D eigenvalue weighted by Crippen LogP contribution is -2.50. The summed E-state index contributed by atoms with van der Waals surface area (Å²) in [4.78, 5) is 16.5. The molecule has 1 saturated heterocycles. The van der Waals surface area contributed by atoms with Gasteiger partial charge < -0.3 is 15.1 Å². The normalized spacial score (nSPS) is 14.6. The zero-order valence-corrected chi connectivity index (χ0v) is 13.8. The van der Waals surface area contributed by atoms with E-state index in [1.165, 1.54) is 11.8 Å². The van der Waals surface area contributed by atoms with Gasteiger partial charge in [0.25, 0.3) is 0 Å². The van der Waals surface area contributed by atoms with Gasteiger partial charge >= 0.3 is 0 Å². The van der Waals surface area contributed by atoms with E-state index in [4.69, 9.17) is 0 Å². The summed E-state index contributed by atoms with van der Waals surface area (Å²) < 4.78 is 13.5. The van der Waals surface area contributed by atoms with Crippen LogP contribution in [0.4, 0.5) is 15.8 Å². The third-order valence-electron chi connectivity index (χ3n) is 4.37. The first kappa shape index (κ1) is 16.3. The molecule has 4 nitrogen and oxygen atoms in total. The molecule has 0 aliphatic carbocycles. The summed E-state index contributed by atoms with van der Waals surface area (Å²) >= 11 is 0. The fourth-order valence-corrected chi connectivity index (χ4v) is 2.85. The van der Waals surface area contributed by atoms with Crippen molar-refractivity contribution in [1.82, 2.24) is 4.90 Å². The number of nitrogens with one attached hydrogen (secondary N) is 1. The van der Waals surface area contributed by atoms with Gasteiger partial charge in [-0.25, -0.2) is 4.39 Å². The molecule has 0 saturated carbocycles. The number of piperazine rings is 1. The third kappa shape index (κ3) is 3.85. The number of amides is 1. The molecular weight excluding hydrogens is 305 g/mol. The largest absolute Gasteiger partial charge is 0.376 e. The molecule has 2 aromatic carbocycles. The zero-order chi connectivity index (χ0) is 16.9. The first-order chi connectivity index (χ1) is 11.6. The minimum atomic E-state index is -0.260. The van der Waals surface area contributed by atoms with Crippen LogP contribution in [0.5, 0.6) is 0 Å². The molecule has 1 N–H and O–H groups in total. The highest BCUT2D eigenvalue weighted by atomic mass is 19.1. The van der Waals surface area contributed by atoms with Gasteiger partial charge in [0.05, 0.1) is 6.54 Å². The van der Waals surface area contributed by atoms with Crippen molar-refractivity contribution in [3.63, 3.8) is 0 Å². The topological polar surface area (TPSA) is 35.6 Å². The van der Waals surface area contributed by atoms with Crippen molar-refractivity contribution < 1.29 is 9.18 Å². The summed E-state index contributed by atoms with van der Waals surface area (Å²) in [5.41, 5.74) is 2.43. The average molecular weight is 327 g/mol. The van der Waals surface area contributed by atoms with Crippen LogP contribution in [0.2, 0.25) is 0 Å². The number of carbonyl (C=O) groups excluding carboxylic acids is 1. The Labute approximate surface area is 141 Å². The number of halogens is 1. The highest BCUT2D eigenvalue weighted by molar-refractivity contribution is 5.81. The molecule has 1 amide bonds. The van der Waals surface area contributed by atoms with Gasteiger partial charge in [0.1, 0.15) is 5.82 Å². The van der Waals surface area contributed by atoms with Crippen LogP contribution < -0.4 is 10.2 Å². The number of para-hydroxylation sites is 1. The molecule has 1 aliphatic rings. The number of hydrogen-bond acceptors (Lipinski definition) is 3. The average Bonchev–Trinajstić information content (AvgIpc) is 2.63. The van der Waals surface area contributed by atoms with E-state index < -0.39 is 0 Å².